The summed E-state index contributed by atoms with van der Waals surface area (Å²) in [6, 6.07) is 11.4. The number of thiol groups is 1. The second-order valence-corrected chi connectivity index (χ2v) is 6.50. The van der Waals surface area contributed by atoms with E-state index in [0.717, 1.165) is 29.1 Å². The zero-order valence-corrected chi connectivity index (χ0v) is 14.7. The minimum atomic E-state index is -2.48. The van der Waals surface area contributed by atoms with E-state index in [1.165, 1.54) is 0 Å². The number of hydrogen-bond donors (Lipinski definition) is 1. The lowest BCUT2D eigenvalue weighted by molar-refractivity contribution is 0.317. The van der Waals surface area contributed by atoms with E-state index in [4.69, 9.17) is 4.74 Å². The average Bonchev–Trinajstić information content (AvgIpc) is 3.10. The lowest BCUT2D eigenvalue weighted by atomic mass is 10.1. The zero-order chi connectivity index (χ0) is 17.6. The molecule has 0 N–H and O–H groups in total. The van der Waals surface area contributed by atoms with Crippen LogP contribution in [0.25, 0.3) is 16.9 Å². The monoisotopic (exact) mass is 357 g/mol. The summed E-state index contributed by atoms with van der Waals surface area (Å²) >= 11 is 0. The molecule has 0 unspecified atom stereocenters. The van der Waals surface area contributed by atoms with Crippen LogP contribution in [-0.4, -0.2) is 29.6 Å². The molecule has 1 aromatic carbocycles. The molecule has 3 aromatic rings. The fourth-order valence-corrected chi connectivity index (χ4v) is 2.89. The highest BCUT2D eigenvalue weighted by atomic mass is 32.2. The summed E-state index contributed by atoms with van der Waals surface area (Å²) in [5.41, 5.74) is 3.28. The molecule has 2 heterocycles. The Morgan fingerprint density at radius 3 is 2.52 bits per heavy atom. The van der Waals surface area contributed by atoms with E-state index in [-0.39, 0.29) is 5.75 Å². The average molecular weight is 357 g/mol. The van der Waals surface area contributed by atoms with Gasteiger partial charge in [-0.2, -0.15) is 0 Å². The number of rotatable bonds is 7. The van der Waals surface area contributed by atoms with Crippen LogP contribution in [0.3, 0.4) is 0 Å². The predicted octanol–water partition coefficient (Wildman–Crippen LogP) is 2.83. The van der Waals surface area contributed by atoms with Gasteiger partial charge in [0.15, 0.2) is 0 Å². The number of hydrogen-bond acceptors (Lipinski definition) is 5. The third-order valence-corrected chi connectivity index (χ3v) is 4.22. The highest BCUT2D eigenvalue weighted by molar-refractivity contribution is 7.71. The van der Waals surface area contributed by atoms with Crippen molar-refractivity contribution in [3.8, 4) is 22.7 Å². The van der Waals surface area contributed by atoms with E-state index in [1.54, 1.807) is 24.8 Å². The molecule has 130 valence electrons. The zero-order valence-electron chi connectivity index (χ0n) is 13.8. The van der Waals surface area contributed by atoms with Crippen molar-refractivity contribution in [2.24, 2.45) is 0 Å². The maximum atomic E-state index is 10.8. The van der Waals surface area contributed by atoms with Gasteiger partial charge in [-0.05, 0) is 42.8 Å². The van der Waals surface area contributed by atoms with Crippen molar-refractivity contribution in [3.05, 3.63) is 60.8 Å². The molecule has 0 atom stereocenters. The molecule has 0 amide bonds. The van der Waals surface area contributed by atoms with Crippen LogP contribution in [0, 0.1) is 0 Å². The molecule has 0 radical (unpaired) electrons. The third kappa shape index (κ3) is 4.24. The van der Waals surface area contributed by atoms with E-state index in [2.05, 4.69) is 16.9 Å². The second-order valence-electron chi connectivity index (χ2n) is 5.52. The van der Waals surface area contributed by atoms with Crippen LogP contribution in [0.4, 0.5) is 0 Å². The number of aromatic nitrogens is 3. The number of ether oxygens (including phenoxy) is 1. The number of benzene rings is 1. The lowest BCUT2D eigenvalue weighted by Crippen LogP contribution is -1.99. The van der Waals surface area contributed by atoms with E-state index < -0.39 is 10.7 Å². The quantitative estimate of drug-likeness (QED) is 0.658. The fourth-order valence-electron chi connectivity index (χ4n) is 2.44. The van der Waals surface area contributed by atoms with Crippen molar-refractivity contribution in [1.29, 1.82) is 0 Å². The predicted molar refractivity (Wildman–Crippen MR) is 96.6 cm³/mol. The van der Waals surface area contributed by atoms with Gasteiger partial charge in [-0.15, -0.1) is 0 Å². The lowest BCUT2D eigenvalue weighted by Gasteiger charge is -2.10. The Bertz CT molecular complexity index is 892. The fraction of sp³-hybridized carbons (Fsp3) is 0.222. The van der Waals surface area contributed by atoms with Gasteiger partial charge in [0.25, 0.3) is 0 Å². The van der Waals surface area contributed by atoms with Gasteiger partial charge in [0, 0.05) is 5.56 Å². The Hall–Kier alpha value is -2.67. The van der Waals surface area contributed by atoms with Crippen LogP contribution in [0.1, 0.15) is 19.0 Å². The Morgan fingerprint density at radius 1 is 1.08 bits per heavy atom. The van der Waals surface area contributed by atoms with Gasteiger partial charge >= 0.3 is 0 Å². The molecule has 0 aliphatic rings. The highest BCUT2D eigenvalue weighted by Gasteiger charge is 2.08. The Kier molecular flexibility index (Phi) is 5.45. The normalized spacial score (nSPS) is 11.0. The van der Waals surface area contributed by atoms with Crippen LogP contribution in [-0.2, 0) is 16.5 Å². The van der Waals surface area contributed by atoms with E-state index in [0.29, 0.717) is 12.3 Å². The van der Waals surface area contributed by atoms with Gasteiger partial charge < -0.3 is 4.74 Å². The summed E-state index contributed by atoms with van der Waals surface area (Å²) in [5.74, 6) is 0.792. The SMILES string of the molecule is CCCOc1ccc(-c2cncn2-c2ccc(C[SH](=O)=O)nc2)cc1. The molecule has 0 fully saturated rings. The van der Waals surface area contributed by atoms with Gasteiger partial charge in [0.2, 0.25) is 0 Å². The maximum absolute atomic E-state index is 10.8. The Balaban J connectivity index is 1.85. The van der Waals surface area contributed by atoms with Gasteiger partial charge in [0.05, 0.1) is 48.2 Å². The molecule has 0 aliphatic carbocycles. The van der Waals surface area contributed by atoms with Crippen molar-refractivity contribution in [2.75, 3.05) is 6.61 Å². The van der Waals surface area contributed by atoms with Crippen LogP contribution in [0.15, 0.2) is 55.1 Å². The summed E-state index contributed by atoms with van der Waals surface area (Å²) in [7, 11) is -2.48. The molecule has 0 saturated carbocycles. The van der Waals surface area contributed by atoms with Crippen LogP contribution in [0.5, 0.6) is 5.75 Å². The molecule has 0 spiro atoms. The van der Waals surface area contributed by atoms with Gasteiger partial charge in [-0.25, -0.2) is 13.4 Å². The molecule has 0 aliphatic heterocycles. The van der Waals surface area contributed by atoms with E-state index in [1.807, 2.05) is 34.9 Å². The first-order chi connectivity index (χ1) is 12.2. The first-order valence-electron chi connectivity index (χ1n) is 8.00. The largest absolute Gasteiger partial charge is 0.494 e. The number of imidazole rings is 1. The van der Waals surface area contributed by atoms with Crippen molar-refractivity contribution < 1.29 is 13.2 Å². The van der Waals surface area contributed by atoms with Gasteiger partial charge in [-0.3, -0.25) is 9.55 Å². The number of nitrogens with zero attached hydrogens (tertiary/aromatic N) is 3. The summed E-state index contributed by atoms with van der Waals surface area (Å²) in [4.78, 5) is 8.43. The molecule has 3 rings (SSSR count). The third-order valence-electron chi connectivity index (χ3n) is 3.64. The molecule has 2 aromatic heterocycles. The minimum Gasteiger partial charge on any atom is -0.494 e. The van der Waals surface area contributed by atoms with Crippen LogP contribution >= 0.6 is 0 Å². The molecule has 0 saturated heterocycles. The number of pyridine rings is 1. The second kappa shape index (κ2) is 7.94. The van der Waals surface area contributed by atoms with Crippen molar-refractivity contribution in [3.63, 3.8) is 0 Å². The maximum Gasteiger partial charge on any atom is 0.145 e. The van der Waals surface area contributed by atoms with Gasteiger partial charge in [0.1, 0.15) is 16.5 Å². The molecule has 25 heavy (non-hydrogen) atoms. The highest BCUT2D eigenvalue weighted by Crippen LogP contribution is 2.24. The van der Waals surface area contributed by atoms with Crippen molar-refractivity contribution >= 4 is 10.7 Å². The molecule has 0 bridgehead atoms. The van der Waals surface area contributed by atoms with Gasteiger partial charge in [-0.1, -0.05) is 6.92 Å². The summed E-state index contributed by atoms with van der Waals surface area (Å²) in [5, 5.41) is 0. The summed E-state index contributed by atoms with van der Waals surface area (Å²) in [6.07, 6.45) is 6.11. The molecular formula is C18H19N3O3S. The first kappa shape index (κ1) is 17.2. The van der Waals surface area contributed by atoms with E-state index in [9.17, 15) is 8.42 Å². The Labute approximate surface area is 148 Å². The molecule has 7 heteroatoms. The minimum absolute atomic E-state index is 0.0500. The smallest absolute Gasteiger partial charge is 0.145 e. The van der Waals surface area contributed by atoms with Crippen molar-refractivity contribution in [2.45, 2.75) is 19.1 Å². The summed E-state index contributed by atoms with van der Waals surface area (Å²) in [6.45, 7) is 2.77. The molecular weight excluding hydrogens is 338 g/mol. The van der Waals surface area contributed by atoms with Crippen molar-refractivity contribution in [1.82, 2.24) is 14.5 Å². The summed E-state index contributed by atoms with van der Waals surface area (Å²) < 4.78 is 29.1. The standard InChI is InChI=1S/C18H19N3O3S/c1-2-9-24-17-7-3-14(4-8-17)18-11-19-13-21(18)16-6-5-15(20-10-16)12-25(22)23/h3-8,10-11,13,25H,2,9,12H2,1H3. The molecule has 6 nitrogen and oxygen atoms in total. The van der Waals surface area contributed by atoms with Crippen LogP contribution in [0.2, 0.25) is 0 Å². The topological polar surface area (TPSA) is 74.1 Å². The van der Waals surface area contributed by atoms with E-state index >= 15 is 0 Å². The first-order valence-corrected chi connectivity index (χ1v) is 9.36. The Morgan fingerprint density at radius 2 is 1.88 bits per heavy atom. The van der Waals surface area contributed by atoms with Crippen LogP contribution < -0.4 is 4.74 Å².